The molecule has 1 rings (SSSR count). The number of carbonyl (C=O) groups excluding carboxylic acids is 1. The number of hydrogen-bond donors (Lipinski definition) is 1. The first-order valence-electron chi connectivity index (χ1n) is 5.03. The average Bonchev–Trinajstić information content (AvgIpc) is 2.15. The summed E-state index contributed by atoms with van der Waals surface area (Å²) in [5.41, 5.74) is 0.180. The fourth-order valence-electron chi connectivity index (χ4n) is 1.48. The van der Waals surface area contributed by atoms with Crippen LogP contribution in [-0.4, -0.2) is 31.0 Å². The van der Waals surface area contributed by atoms with Crippen molar-refractivity contribution in [2.24, 2.45) is 5.41 Å². The van der Waals surface area contributed by atoms with Crippen molar-refractivity contribution in [1.29, 1.82) is 0 Å². The van der Waals surface area contributed by atoms with E-state index >= 15 is 0 Å². The summed E-state index contributed by atoms with van der Waals surface area (Å²) in [7, 11) is 0. The molecule has 0 saturated carbocycles. The predicted octanol–water partition coefficient (Wildman–Crippen LogP) is 1.55. The molecular formula is C10H18ClNO2. The van der Waals surface area contributed by atoms with Gasteiger partial charge in [0.1, 0.15) is 5.38 Å². The first-order valence-corrected chi connectivity index (χ1v) is 5.47. The molecule has 1 heterocycles. The summed E-state index contributed by atoms with van der Waals surface area (Å²) in [5, 5.41) is 2.42. The zero-order valence-electron chi connectivity index (χ0n) is 8.81. The van der Waals surface area contributed by atoms with Crippen LogP contribution in [0, 0.1) is 5.41 Å². The summed E-state index contributed by atoms with van der Waals surface area (Å²) < 4.78 is 5.28. The highest BCUT2D eigenvalue weighted by molar-refractivity contribution is 6.30. The van der Waals surface area contributed by atoms with Crippen LogP contribution in [0.2, 0.25) is 0 Å². The van der Waals surface area contributed by atoms with Crippen LogP contribution in [0.15, 0.2) is 0 Å². The van der Waals surface area contributed by atoms with Gasteiger partial charge in [0.2, 0.25) is 5.91 Å². The minimum atomic E-state index is -0.446. The Bertz CT molecular complexity index is 200. The molecule has 0 radical (unpaired) electrons. The van der Waals surface area contributed by atoms with E-state index in [0.29, 0.717) is 6.54 Å². The lowest BCUT2D eigenvalue weighted by atomic mass is 9.82. The van der Waals surface area contributed by atoms with Crippen LogP contribution in [0.3, 0.4) is 0 Å². The summed E-state index contributed by atoms with van der Waals surface area (Å²) in [5.74, 6) is -0.0839. The van der Waals surface area contributed by atoms with Crippen molar-refractivity contribution < 1.29 is 9.53 Å². The number of amides is 1. The van der Waals surface area contributed by atoms with Crippen molar-refractivity contribution in [3.05, 3.63) is 0 Å². The maximum Gasteiger partial charge on any atom is 0.237 e. The van der Waals surface area contributed by atoms with Crippen molar-refractivity contribution >= 4 is 17.5 Å². The lowest BCUT2D eigenvalue weighted by Crippen LogP contribution is -2.41. The molecule has 0 aromatic carbocycles. The van der Waals surface area contributed by atoms with Gasteiger partial charge in [0, 0.05) is 19.8 Å². The molecule has 14 heavy (non-hydrogen) atoms. The highest BCUT2D eigenvalue weighted by Crippen LogP contribution is 2.28. The molecule has 0 bridgehead atoms. The minimum absolute atomic E-state index is 0.0839. The monoisotopic (exact) mass is 219 g/mol. The zero-order chi connectivity index (χ0) is 10.6. The molecule has 1 aliphatic rings. The molecule has 4 heteroatoms. The highest BCUT2D eigenvalue weighted by Gasteiger charge is 2.28. The van der Waals surface area contributed by atoms with Gasteiger partial charge in [0.25, 0.3) is 0 Å². The second-order valence-electron chi connectivity index (χ2n) is 4.26. The molecule has 0 aromatic rings. The molecule has 82 valence electrons. The zero-order valence-corrected chi connectivity index (χ0v) is 9.56. The van der Waals surface area contributed by atoms with Crippen LogP contribution in [0.25, 0.3) is 0 Å². The van der Waals surface area contributed by atoms with Crippen molar-refractivity contribution in [3.8, 4) is 0 Å². The molecule has 1 fully saturated rings. The summed E-state index contributed by atoms with van der Waals surface area (Å²) >= 11 is 5.65. The molecule has 1 saturated heterocycles. The maximum atomic E-state index is 11.3. The number of rotatable bonds is 3. The third kappa shape index (κ3) is 3.46. The van der Waals surface area contributed by atoms with Gasteiger partial charge in [0.15, 0.2) is 0 Å². The Labute approximate surface area is 90.1 Å². The van der Waals surface area contributed by atoms with Crippen LogP contribution >= 0.6 is 11.6 Å². The quantitative estimate of drug-likeness (QED) is 0.732. The van der Waals surface area contributed by atoms with Crippen molar-refractivity contribution in [2.45, 2.75) is 32.1 Å². The van der Waals surface area contributed by atoms with Gasteiger partial charge in [-0.25, -0.2) is 0 Å². The van der Waals surface area contributed by atoms with E-state index in [2.05, 4.69) is 12.2 Å². The molecule has 3 nitrogen and oxygen atoms in total. The Kier molecular flexibility index (Phi) is 4.20. The first-order chi connectivity index (χ1) is 6.53. The summed E-state index contributed by atoms with van der Waals surface area (Å²) in [6.45, 7) is 6.15. The first kappa shape index (κ1) is 11.8. The Hall–Kier alpha value is -0.280. The van der Waals surface area contributed by atoms with E-state index in [1.165, 1.54) is 0 Å². The van der Waals surface area contributed by atoms with E-state index in [9.17, 15) is 4.79 Å². The van der Waals surface area contributed by atoms with Crippen LogP contribution in [0.1, 0.15) is 26.7 Å². The van der Waals surface area contributed by atoms with Gasteiger partial charge in [-0.05, 0) is 25.2 Å². The number of alkyl halides is 1. The number of halogens is 1. The van der Waals surface area contributed by atoms with Crippen molar-refractivity contribution in [3.63, 3.8) is 0 Å². The number of hydrogen-bond acceptors (Lipinski definition) is 2. The molecule has 1 N–H and O–H groups in total. The lowest BCUT2D eigenvalue weighted by molar-refractivity contribution is -0.121. The van der Waals surface area contributed by atoms with E-state index in [4.69, 9.17) is 16.3 Å². The van der Waals surface area contributed by atoms with Crippen LogP contribution in [-0.2, 0) is 9.53 Å². The van der Waals surface area contributed by atoms with Gasteiger partial charge in [-0.1, -0.05) is 6.92 Å². The highest BCUT2D eigenvalue weighted by atomic mass is 35.5. The molecule has 0 aliphatic carbocycles. The van der Waals surface area contributed by atoms with Gasteiger partial charge >= 0.3 is 0 Å². The smallest absolute Gasteiger partial charge is 0.237 e. The Morgan fingerprint density at radius 3 is 2.64 bits per heavy atom. The third-order valence-corrected chi connectivity index (χ3v) is 2.95. The van der Waals surface area contributed by atoms with E-state index in [0.717, 1.165) is 26.1 Å². The van der Waals surface area contributed by atoms with E-state index in [-0.39, 0.29) is 11.3 Å². The number of ether oxygens (including phenoxy) is 1. The largest absolute Gasteiger partial charge is 0.381 e. The third-order valence-electron chi connectivity index (χ3n) is 2.75. The molecule has 1 amide bonds. The lowest BCUT2D eigenvalue weighted by Gasteiger charge is -2.33. The second-order valence-corrected chi connectivity index (χ2v) is 4.91. The predicted molar refractivity (Wildman–Crippen MR) is 56.5 cm³/mol. The van der Waals surface area contributed by atoms with Gasteiger partial charge in [-0.3, -0.25) is 4.79 Å². The fourth-order valence-corrected chi connectivity index (χ4v) is 1.56. The van der Waals surface area contributed by atoms with Crippen LogP contribution < -0.4 is 5.32 Å². The molecule has 1 unspecified atom stereocenters. The normalized spacial score (nSPS) is 22.8. The van der Waals surface area contributed by atoms with Crippen LogP contribution in [0.5, 0.6) is 0 Å². The van der Waals surface area contributed by atoms with E-state index in [1.807, 2.05) is 0 Å². The Morgan fingerprint density at radius 2 is 2.14 bits per heavy atom. The molecule has 1 atom stereocenters. The molecule has 0 aromatic heterocycles. The molecular weight excluding hydrogens is 202 g/mol. The summed E-state index contributed by atoms with van der Waals surface area (Å²) in [4.78, 5) is 11.3. The molecule has 1 aliphatic heterocycles. The van der Waals surface area contributed by atoms with Gasteiger partial charge < -0.3 is 10.1 Å². The SMILES string of the molecule is CC(Cl)C(=O)NCC1(C)CCOCC1. The van der Waals surface area contributed by atoms with Gasteiger partial charge in [-0.2, -0.15) is 0 Å². The molecule has 0 spiro atoms. The minimum Gasteiger partial charge on any atom is -0.381 e. The maximum absolute atomic E-state index is 11.3. The topological polar surface area (TPSA) is 38.3 Å². The number of nitrogens with one attached hydrogen (secondary N) is 1. The fraction of sp³-hybridized carbons (Fsp3) is 0.900. The number of carbonyl (C=O) groups is 1. The van der Waals surface area contributed by atoms with Crippen molar-refractivity contribution in [1.82, 2.24) is 5.32 Å². The Balaban J connectivity index is 2.32. The second kappa shape index (κ2) is 4.99. The summed E-state index contributed by atoms with van der Waals surface area (Å²) in [6.07, 6.45) is 2.01. The van der Waals surface area contributed by atoms with E-state index in [1.54, 1.807) is 6.92 Å². The van der Waals surface area contributed by atoms with Crippen molar-refractivity contribution in [2.75, 3.05) is 19.8 Å². The summed E-state index contributed by atoms with van der Waals surface area (Å²) in [6, 6.07) is 0. The standard InChI is InChI=1S/C10H18ClNO2/c1-8(11)9(13)12-7-10(2)3-5-14-6-4-10/h8H,3-7H2,1-2H3,(H,12,13). The average molecular weight is 220 g/mol. The van der Waals surface area contributed by atoms with Gasteiger partial charge in [0.05, 0.1) is 0 Å². The van der Waals surface area contributed by atoms with Gasteiger partial charge in [-0.15, -0.1) is 11.6 Å². The van der Waals surface area contributed by atoms with E-state index < -0.39 is 5.38 Å². The Morgan fingerprint density at radius 1 is 1.57 bits per heavy atom. The van der Waals surface area contributed by atoms with Crippen LogP contribution in [0.4, 0.5) is 0 Å².